The summed E-state index contributed by atoms with van der Waals surface area (Å²) >= 11 is 0. The summed E-state index contributed by atoms with van der Waals surface area (Å²) in [5.74, 6) is 1.81. The van der Waals surface area contributed by atoms with Crippen molar-refractivity contribution in [2.75, 3.05) is 19.7 Å². The largest absolute Gasteiger partial charge is 0.493 e. The van der Waals surface area contributed by atoms with Crippen LogP contribution in [-0.2, 0) is 7.05 Å². The van der Waals surface area contributed by atoms with E-state index in [1.807, 2.05) is 42.9 Å². The third-order valence-corrected chi connectivity index (χ3v) is 5.22. The van der Waals surface area contributed by atoms with Gasteiger partial charge in [-0.05, 0) is 68.6 Å². The molecule has 1 aliphatic heterocycles. The topological polar surface area (TPSA) is 75.8 Å². The van der Waals surface area contributed by atoms with E-state index in [1.54, 1.807) is 0 Å². The lowest BCUT2D eigenvalue weighted by atomic mass is 10.0. The molecule has 146 valence electrons. The van der Waals surface area contributed by atoms with Crippen molar-refractivity contribution in [3.63, 3.8) is 0 Å². The summed E-state index contributed by atoms with van der Waals surface area (Å²) in [6.07, 6.45) is 4.26. The molecule has 3 aromatic rings. The normalized spacial score (nSPS) is 16.0. The highest BCUT2D eigenvalue weighted by molar-refractivity contribution is 5.91. The van der Waals surface area contributed by atoms with Gasteiger partial charge in [0.1, 0.15) is 17.5 Å². The van der Waals surface area contributed by atoms with Crippen LogP contribution >= 0.6 is 12.4 Å². The molecule has 1 N–H and O–H groups in total. The molecular formula is C21H24ClN5O. The molecule has 1 unspecified atom stereocenters. The van der Waals surface area contributed by atoms with Gasteiger partial charge >= 0.3 is 0 Å². The molecule has 28 heavy (non-hydrogen) atoms. The molecule has 3 heterocycles. The number of fused-ring (bicyclic) bond motifs is 1. The molecule has 1 aliphatic rings. The molecule has 1 fully saturated rings. The third kappa shape index (κ3) is 3.96. The lowest BCUT2D eigenvalue weighted by molar-refractivity contribution is 0.282. The van der Waals surface area contributed by atoms with E-state index in [0.29, 0.717) is 0 Å². The van der Waals surface area contributed by atoms with E-state index in [-0.39, 0.29) is 18.2 Å². The van der Waals surface area contributed by atoms with E-state index in [4.69, 9.17) is 4.74 Å². The monoisotopic (exact) mass is 397 g/mol. The summed E-state index contributed by atoms with van der Waals surface area (Å²) in [6.45, 7) is 5.01. The molecule has 1 atom stereocenters. The minimum Gasteiger partial charge on any atom is -0.493 e. The molecule has 0 amide bonds. The number of halogens is 1. The maximum absolute atomic E-state index is 9.27. The third-order valence-electron chi connectivity index (χ3n) is 5.22. The second-order valence-corrected chi connectivity index (χ2v) is 7.15. The quantitative estimate of drug-likeness (QED) is 0.711. The number of hydrogen-bond acceptors (Lipinski definition) is 5. The highest BCUT2D eigenvalue weighted by atomic mass is 35.5. The van der Waals surface area contributed by atoms with Crippen LogP contribution in [-0.4, -0.2) is 34.2 Å². The minimum absolute atomic E-state index is 0. The van der Waals surface area contributed by atoms with E-state index in [2.05, 4.69) is 27.4 Å². The van der Waals surface area contributed by atoms with Gasteiger partial charge in [0, 0.05) is 24.2 Å². The molecular weight excluding hydrogens is 374 g/mol. The molecule has 0 radical (unpaired) electrons. The molecule has 6 nitrogen and oxygen atoms in total. The predicted octanol–water partition coefficient (Wildman–Crippen LogP) is 3.62. The number of hydrogen-bond donors (Lipinski definition) is 1. The Bertz CT molecular complexity index is 1020. The lowest BCUT2D eigenvalue weighted by Gasteiger charge is -2.13. The summed E-state index contributed by atoms with van der Waals surface area (Å²) in [5, 5.41) is 13.6. The number of nitrogens with zero attached hydrogens (tertiary/aromatic N) is 4. The van der Waals surface area contributed by atoms with E-state index < -0.39 is 0 Å². The van der Waals surface area contributed by atoms with E-state index in [9.17, 15) is 5.26 Å². The standard InChI is InChI=1S/C21H23N5O.ClH/c1-14-11-16(3-4-18(14)27-10-7-15-5-8-23-13-15)20-17-6-9-26(2)21(17)25-19(12-22)24-20;/h3-4,6,9,11,15,23H,5,7-8,10,13H2,1-2H3;1H. The molecule has 1 aromatic carbocycles. The molecule has 7 heteroatoms. The lowest BCUT2D eigenvalue weighted by Crippen LogP contribution is -2.11. The number of nitrogens with one attached hydrogen (secondary N) is 1. The van der Waals surface area contributed by atoms with Crippen molar-refractivity contribution in [1.82, 2.24) is 19.9 Å². The zero-order valence-electron chi connectivity index (χ0n) is 16.1. The Labute approximate surface area is 171 Å². The highest BCUT2D eigenvalue weighted by Crippen LogP contribution is 2.30. The zero-order chi connectivity index (χ0) is 18.8. The van der Waals surface area contributed by atoms with Gasteiger partial charge in [0.25, 0.3) is 0 Å². The summed E-state index contributed by atoms with van der Waals surface area (Å²) < 4.78 is 7.92. The molecule has 4 rings (SSSR count). The second-order valence-electron chi connectivity index (χ2n) is 7.15. The molecule has 1 saturated heterocycles. The van der Waals surface area contributed by atoms with Crippen LogP contribution in [0.2, 0.25) is 0 Å². The van der Waals surface area contributed by atoms with Crippen LogP contribution in [0.15, 0.2) is 30.5 Å². The van der Waals surface area contributed by atoms with Crippen molar-refractivity contribution in [2.45, 2.75) is 19.8 Å². The minimum atomic E-state index is 0. The Kier molecular flexibility index (Phi) is 6.18. The van der Waals surface area contributed by atoms with Gasteiger partial charge in [0.05, 0.1) is 12.3 Å². The zero-order valence-corrected chi connectivity index (χ0v) is 16.9. The smallest absolute Gasteiger partial charge is 0.234 e. The highest BCUT2D eigenvalue weighted by Gasteiger charge is 2.15. The number of nitriles is 1. The van der Waals surface area contributed by atoms with Crippen molar-refractivity contribution in [3.8, 4) is 23.1 Å². The van der Waals surface area contributed by atoms with E-state index in [0.717, 1.165) is 65.6 Å². The maximum atomic E-state index is 9.27. The van der Waals surface area contributed by atoms with E-state index >= 15 is 0 Å². The molecule has 0 saturated carbocycles. The van der Waals surface area contributed by atoms with Gasteiger partial charge in [-0.2, -0.15) is 5.26 Å². The predicted molar refractivity (Wildman–Crippen MR) is 112 cm³/mol. The fourth-order valence-electron chi connectivity index (χ4n) is 3.66. The SMILES string of the molecule is Cc1cc(-c2nc(C#N)nc3c2ccn3C)ccc1OCCC1CCNC1.Cl. The first-order valence-electron chi connectivity index (χ1n) is 9.33. The summed E-state index contributed by atoms with van der Waals surface area (Å²) in [6, 6.07) is 10.1. The van der Waals surface area contributed by atoms with Gasteiger partial charge < -0.3 is 14.6 Å². The first-order valence-corrected chi connectivity index (χ1v) is 9.33. The van der Waals surface area contributed by atoms with Gasteiger partial charge in [0.15, 0.2) is 0 Å². The van der Waals surface area contributed by atoms with Crippen LogP contribution in [0.5, 0.6) is 5.75 Å². The molecule has 0 aliphatic carbocycles. The fourth-order valence-corrected chi connectivity index (χ4v) is 3.66. The summed E-state index contributed by atoms with van der Waals surface area (Å²) in [4.78, 5) is 8.77. The van der Waals surface area contributed by atoms with E-state index in [1.165, 1.54) is 6.42 Å². The maximum Gasteiger partial charge on any atom is 0.234 e. The second kappa shape index (κ2) is 8.59. The van der Waals surface area contributed by atoms with Crippen LogP contribution in [0.4, 0.5) is 0 Å². The van der Waals surface area contributed by atoms with Gasteiger partial charge in [-0.1, -0.05) is 0 Å². The van der Waals surface area contributed by atoms with Crippen LogP contribution < -0.4 is 10.1 Å². The van der Waals surface area contributed by atoms with Gasteiger partial charge in [0.2, 0.25) is 5.82 Å². The van der Waals surface area contributed by atoms with Gasteiger partial charge in [-0.3, -0.25) is 0 Å². The van der Waals surface area contributed by atoms with Crippen molar-refractivity contribution in [1.29, 1.82) is 5.26 Å². The Hall–Kier alpha value is -2.62. The average molecular weight is 398 g/mol. The Morgan fingerprint density at radius 2 is 2.18 bits per heavy atom. The van der Waals surface area contributed by atoms with Crippen molar-refractivity contribution >= 4 is 23.4 Å². The van der Waals surface area contributed by atoms with Crippen LogP contribution in [0.1, 0.15) is 24.2 Å². The van der Waals surface area contributed by atoms with Crippen molar-refractivity contribution in [3.05, 3.63) is 41.9 Å². The number of ether oxygens (including phenoxy) is 1. The summed E-state index contributed by atoms with van der Waals surface area (Å²) in [7, 11) is 1.92. The van der Waals surface area contributed by atoms with Gasteiger partial charge in [-0.15, -0.1) is 12.4 Å². The number of aryl methyl sites for hydroxylation is 2. The van der Waals surface area contributed by atoms with Crippen molar-refractivity contribution < 1.29 is 4.74 Å². The van der Waals surface area contributed by atoms with Crippen LogP contribution in [0, 0.1) is 24.2 Å². The van der Waals surface area contributed by atoms with Crippen LogP contribution in [0.25, 0.3) is 22.3 Å². The first kappa shape index (κ1) is 20.1. The van der Waals surface area contributed by atoms with Crippen LogP contribution in [0.3, 0.4) is 0 Å². The Balaban J connectivity index is 0.00000225. The average Bonchev–Trinajstić information content (AvgIpc) is 3.32. The Morgan fingerprint density at radius 1 is 1.32 bits per heavy atom. The number of aromatic nitrogens is 3. The van der Waals surface area contributed by atoms with Crippen molar-refractivity contribution in [2.24, 2.45) is 13.0 Å². The van der Waals surface area contributed by atoms with Gasteiger partial charge in [-0.25, -0.2) is 9.97 Å². The molecule has 2 aromatic heterocycles. The molecule has 0 spiro atoms. The Morgan fingerprint density at radius 3 is 2.89 bits per heavy atom. The fraction of sp³-hybridized carbons (Fsp3) is 0.381. The number of rotatable bonds is 5. The first-order chi connectivity index (χ1) is 13.2. The molecule has 0 bridgehead atoms. The number of benzene rings is 1. The summed E-state index contributed by atoms with van der Waals surface area (Å²) in [5.41, 5.74) is 3.58.